The molecule has 2 amide bonds. The first-order valence-corrected chi connectivity index (χ1v) is 11.9. The van der Waals surface area contributed by atoms with Crippen molar-refractivity contribution in [3.8, 4) is 0 Å². The van der Waals surface area contributed by atoms with E-state index in [9.17, 15) is 14.7 Å². The fourth-order valence-electron chi connectivity index (χ4n) is 4.37. The summed E-state index contributed by atoms with van der Waals surface area (Å²) in [5.74, 6) is -0.341. The second-order valence-corrected chi connectivity index (χ2v) is 9.05. The zero-order valence-corrected chi connectivity index (χ0v) is 18.7. The summed E-state index contributed by atoms with van der Waals surface area (Å²) >= 11 is 1.65. The van der Waals surface area contributed by atoms with Gasteiger partial charge in [-0.25, -0.2) is 0 Å². The lowest BCUT2D eigenvalue weighted by molar-refractivity contribution is -0.144. The van der Waals surface area contributed by atoms with Crippen molar-refractivity contribution in [2.45, 2.75) is 51.2 Å². The van der Waals surface area contributed by atoms with Gasteiger partial charge in [0.25, 0.3) is 0 Å². The van der Waals surface area contributed by atoms with Crippen LogP contribution < -0.4 is 11.1 Å². The third kappa shape index (κ3) is 5.47. The quantitative estimate of drug-likeness (QED) is 0.586. The molecule has 1 aliphatic carbocycles. The number of hydrogen-bond acceptors (Lipinski definition) is 6. The van der Waals surface area contributed by atoms with Crippen molar-refractivity contribution in [2.75, 3.05) is 32.6 Å². The number of rotatable bonds is 6. The molecule has 2 aliphatic heterocycles. The van der Waals surface area contributed by atoms with Crippen LogP contribution in [0.5, 0.6) is 0 Å². The Morgan fingerprint density at radius 1 is 1.30 bits per heavy atom. The molecule has 0 saturated carbocycles. The lowest BCUT2D eigenvalue weighted by Crippen LogP contribution is -2.48. The van der Waals surface area contributed by atoms with E-state index in [-0.39, 0.29) is 24.3 Å². The number of ether oxygens (including phenoxy) is 1. The Morgan fingerprint density at radius 2 is 2.03 bits per heavy atom. The number of nitrogens with one attached hydrogen (secondary N) is 1. The van der Waals surface area contributed by atoms with Crippen molar-refractivity contribution in [3.63, 3.8) is 0 Å². The Morgan fingerprint density at radius 3 is 2.63 bits per heavy atom. The second kappa shape index (κ2) is 10.5. The molecule has 2 atom stereocenters. The molecule has 0 aromatic carbocycles. The van der Waals surface area contributed by atoms with Crippen LogP contribution >= 0.6 is 11.8 Å². The molecule has 7 nitrogen and oxygen atoms in total. The van der Waals surface area contributed by atoms with E-state index in [0.717, 1.165) is 29.0 Å². The lowest BCUT2D eigenvalue weighted by Gasteiger charge is -2.30. The number of nitrogens with zero attached hydrogens (tertiary/aromatic N) is 1. The van der Waals surface area contributed by atoms with Gasteiger partial charge >= 0.3 is 0 Å². The third-order valence-electron chi connectivity index (χ3n) is 6.01. The number of carbonyl (C=O) groups excluding carboxylic acids is 2. The van der Waals surface area contributed by atoms with Crippen molar-refractivity contribution in [1.82, 2.24) is 10.2 Å². The highest BCUT2D eigenvalue weighted by atomic mass is 32.2. The summed E-state index contributed by atoms with van der Waals surface area (Å²) in [6, 6.07) is -0.600. The van der Waals surface area contributed by atoms with Gasteiger partial charge in [0.15, 0.2) is 0 Å². The van der Waals surface area contributed by atoms with Crippen LogP contribution in [0.15, 0.2) is 33.9 Å². The predicted molar refractivity (Wildman–Crippen MR) is 118 cm³/mol. The van der Waals surface area contributed by atoms with E-state index in [2.05, 4.69) is 11.4 Å². The summed E-state index contributed by atoms with van der Waals surface area (Å²) in [5, 5.41) is 13.1. The van der Waals surface area contributed by atoms with Gasteiger partial charge in [-0.3, -0.25) is 9.59 Å². The maximum Gasteiger partial charge on any atom is 0.243 e. The number of hydrogen-bond donors (Lipinski definition) is 3. The van der Waals surface area contributed by atoms with Gasteiger partial charge < -0.3 is 25.8 Å². The summed E-state index contributed by atoms with van der Waals surface area (Å²) in [6.45, 7) is 3.74. The average molecular weight is 436 g/mol. The van der Waals surface area contributed by atoms with E-state index in [4.69, 9.17) is 10.5 Å². The summed E-state index contributed by atoms with van der Waals surface area (Å²) in [6.07, 6.45) is 8.90. The molecule has 0 bridgehead atoms. The smallest absolute Gasteiger partial charge is 0.243 e. The van der Waals surface area contributed by atoms with Crippen molar-refractivity contribution in [1.29, 1.82) is 0 Å². The molecule has 2 fully saturated rings. The molecular formula is C22H33N3O4S. The zero-order valence-electron chi connectivity index (χ0n) is 17.9. The first-order chi connectivity index (χ1) is 14.4. The molecule has 2 heterocycles. The maximum absolute atomic E-state index is 12.9. The third-order valence-corrected chi connectivity index (χ3v) is 7.01. The number of nitrogens with two attached hydrogens (primary N) is 1. The number of β-amino-alcohol motifs (C(OH)–C–C–N with tert-alkyl or cyclic N) is 1. The molecule has 2 saturated heterocycles. The second-order valence-electron chi connectivity index (χ2n) is 8.23. The van der Waals surface area contributed by atoms with E-state index in [1.807, 2.05) is 19.3 Å². The number of allylic oxidation sites excluding steroid dienone is 4. The van der Waals surface area contributed by atoms with Crippen LogP contribution in [-0.2, 0) is 14.3 Å². The monoisotopic (exact) mass is 435 g/mol. The van der Waals surface area contributed by atoms with Crippen LogP contribution in [0, 0.1) is 5.92 Å². The zero-order chi connectivity index (χ0) is 21.7. The molecule has 3 rings (SSSR count). The van der Waals surface area contributed by atoms with E-state index < -0.39 is 12.1 Å². The highest BCUT2D eigenvalue weighted by molar-refractivity contribution is 8.02. The maximum atomic E-state index is 12.9. The molecule has 0 aromatic rings. The van der Waals surface area contributed by atoms with Crippen molar-refractivity contribution in [2.24, 2.45) is 11.7 Å². The van der Waals surface area contributed by atoms with Gasteiger partial charge in [0.2, 0.25) is 11.8 Å². The molecule has 0 aromatic heterocycles. The molecule has 8 heteroatoms. The van der Waals surface area contributed by atoms with Crippen molar-refractivity contribution < 1.29 is 19.4 Å². The SMILES string of the molecule is CS/C(C1=CC=C(CNC(=O)[C@@H]2C[C@@H](O)CN2C(=O)C2CCOCC2)CC1)=C(/C)N. The van der Waals surface area contributed by atoms with E-state index in [1.54, 1.807) is 16.7 Å². The number of carbonyl (C=O) groups is 2. The molecular weight excluding hydrogens is 402 g/mol. The molecule has 0 spiro atoms. The summed E-state index contributed by atoms with van der Waals surface area (Å²) in [5.41, 5.74) is 9.16. The average Bonchev–Trinajstić information content (AvgIpc) is 3.15. The van der Waals surface area contributed by atoms with Crippen LogP contribution in [0.25, 0.3) is 0 Å². The van der Waals surface area contributed by atoms with Gasteiger partial charge in [-0.2, -0.15) is 0 Å². The van der Waals surface area contributed by atoms with Crippen LogP contribution in [-0.4, -0.2) is 66.5 Å². The summed E-state index contributed by atoms with van der Waals surface area (Å²) < 4.78 is 5.33. The van der Waals surface area contributed by atoms with Crippen molar-refractivity contribution in [3.05, 3.63) is 33.9 Å². The first kappa shape index (κ1) is 22.9. The summed E-state index contributed by atoms with van der Waals surface area (Å²) in [7, 11) is 0. The minimum atomic E-state index is -0.653. The molecule has 0 radical (unpaired) electrons. The largest absolute Gasteiger partial charge is 0.401 e. The standard InChI is InChI=1S/C22H33N3O4S/c1-14(23)20(30-2)16-5-3-15(4-6-16)12-24-21(27)19-11-18(26)13-25(19)22(28)17-7-9-29-10-8-17/h3,5,17-19,26H,4,6-13,23H2,1-2H3,(H,24,27)/b20-14-/t18-,19+/m1/s1. The molecule has 166 valence electrons. The minimum Gasteiger partial charge on any atom is -0.401 e. The van der Waals surface area contributed by atoms with Crippen LogP contribution in [0.1, 0.15) is 39.0 Å². The normalized spacial score (nSPS) is 26.0. The first-order valence-electron chi connectivity index (χ1n) is 10.6. The van der Waals surface area contributed by atoms with E-state index in [1.165, 1.54) is 5.57 Å². The number of aliphatic hydroxyl groups excluding tert-OH is 1. The number of aliphatic hydroxyl groups is 1. The van der Waals surface area contributed by atoms with Gasteiger partial charge in [0.1, 0.15) is 6.04 Å². The van der Waals surface area contributed by atoms with Crippen LogP contribution in [0.3, 0.4) is 0 Å². The highest BCUT2D eigenvalue weighted by Gasteiger charge is 2.41. The molecule has 0 unspecified atom stereocenters. The number of thioether (sulfide) groups is 1. The van der Waals surface area contributed by atoms with Gasteiger partial charge in [0, 0.05) is 49.2 Å². The van der Waals surface area contributed by atoms with Crippen molar-refractivity contribution >= 4 is 23.6 Å². The number of likely N-dealkylation sites (tertiary alicyclic amines) is 1. The van der Waals surface area contributed by atoms with Gasteiger partial charge in [0.05, 0.1) is 6.10 Å². The molecule has 30 heavy (non-hydrogen) atoms. The molecule has 4 N–H and O–H groups in total. The Kier molecular flexibility index (Phi) is 8.02. The highest BCUT2D eigenvalue weighted by Crippen LogP contribution is 2.31. The van der Waals surface area contributed by atoms with E-state index >= 15 is 0 Å². The predicted octanol–water partition coefficient (Wildman–Crippen LogP) is 1.69. The fourth-order valence-corrected chi connectivity index (χ4v) is 5.12. The Labute approximate surface area is 182 Å². The summed E-state index contributed by atoms with van der Waals surface area (Å²) in [4.78, 5) is 28.4. The van der Waals surface area contributed by atoms with Gasteiger partial charge in [-0.1, -0.05) is 17.7 Å². The van der Waals surface area contributed by atoms with E-state index in [0.29, 0.717) is 39.0 Å². The lowest BCUT2D eigenvalue weighted by atomic mass is 9.97. The number of amides is 2. The fraction of sp³-hybridized carbons (Fsp3) is 0.636. The topological polar surface area (TPSA) is 105 Å². The molecule has 3 aliphatic rings. The van der Waals surface area contributed by atoms with Crippen LogP contribution in [0.4, 0.5) is 0 Å². The minimum absolute atomic E-state index is 0.0343. The Balaban J connectivity index is 1.58. The Hall–Kier alpha value is -1.77. The Bertz CT molecular complexity index is 751. The van der Waals surface area contributed by atoms with Gasteiger partial charge in [-0.05, 0) is 44.4 Å². The van der Waals surface area contributed by atoms with Crippen LogP contribution in [0.2, 0.25) is 0 Å². The van der Waals surface area contributed by atoms with Gasteiger partial charge in [-0.15, -0.1) is 11.8 Å².